The Hall–Kier alpha value is -2.08. The number of imidazole rings is 1. The summed E-state index contributed by atoms with van der Waals surface area (Å²) in [5, 5.41) is 0.318. The first kappa shape index (κ1) is 15.8. The minimum Gasteiger partial charge on any atom is -0.449 e. The predicted molar refractivity (Wildman–Crippen MR) is 84.9 cm³/mol. The summed E-state index contributed by atoms with van der Waals surface area (Å²) in [6.45, 7) is 3.80. The van der Waals surface area contributed by atoms with Crippen molar-refractivity contribution in [2.45, 2.75) is 19.9 Å². The molecule has 1 aliphatic rings. The Morgan fingerprint density at radius 3 is 3.00 bits per heavy atom. The lowest BCUT2D eigenvalue weighted by atomic mass is 10.1. The zero-order valence-electron chi connectivity index (χ0n) is 12.8. The van der Waals surface area contributed by atoms with Crippen LogP contribution >= 0.6 is 11.6 Å². The highest BCUT2D eigenvalue weighted by Crippen LogP contribution is 2.31. The van der Waals surface area contributed by atoms with Crippen LogP contribution in [-0.4, -0.2) is 40.2 Å². The van der Waals surface area contributed by atoms with Crippen molar-refractivity contribution in [1.82, 2.24) is 14.5 Å². The molecule has 0 spiro atoms. The quantitative estimate of drug-likeness (QED) is 0.858. The SMILES string of the molecule is Cc1ccc(Cl)c(-c2nccn2CCN2CCCOC2=O)c1F. The van der Waals surface area contributed by atoms with E-state index < -0.39 is 0 Å². The van der Waals surface area contributed by atoms with E-state index in [-0.39, 0.29) is 17.5 Å². The number of carbonyl (C=O) groups is 1. The van der Waals surface area contributed by atoms with Crippen molar-refractivity contribution < 1.29 is 13.9 Å². The highest BCUT2D eigenvalue weighted by Gasteiger charge is 2.21. The number of aryl methyl sites for hydroxylation is 1. The second-order valence-electron chi connectivity index (χ2n) is 5.45. The maximum Gasteiger partial charge on any atom is 0.409 e. The van der Waals surface area contributed by atoms with Crippen molar-refractivity contribution in [2.24, 2.45) is 0 Å². The third kappa shape index (κ3) is 3.17. The minimum absolute atomic E-state index is 0.290. The lowest BCUT2D eigenvalue weighted by Crippen LogP contribution is -2.39. The highest BCUT2D eigenvalue weighted by atomic mass is 35.5. The van der Waals surface area contributed by atoms with Crippen LogP contribution in [-0.2, 0) is 11.3 Å². The van der Waals surface area contributed by atoms with Gasteiger partial charge in [-0.2, -0.15) is 0 Å². The van der Waals surface area contributed by atoms with Crippen LogP contribution in [0.4, 0.5) is 9.18 Å². The molecular weight excluding hydrogens is 321 g/mol. The number of hydrogen-bond donors (Lipinski definition) is 0. The summed E-state index contributed by atoms with van der Waals surface area (Å²) in [6, 6.07) is 3.30. The number of rotatable bonds is 4. The van der Waals surface area contributed by atoms with Gasteiger partial charge in [0.2, 0.25) is 0 Å². The average molecular weight is 338 g/mol. The molecule has 1 aliphatic heterocycles. The van der Waals surface area contributed by atoms with Gasteiger partial charge in [-0.1, -0.05) is 17.7 Å². The number of cyclic esters (lactones) is 1. The summed E-state index contributed by atoms with van der Waals surface area (Å²) in [5.74, 6) is 0.0870. The standard InChI is InChI=1S/C16H17ClFN3O2/c1-11-3-4-12(17)13(14(11)18)15-19-5-7-20(15)8-9-21-6-2-10-23-16(21)22/h3-5,7H,2,6,8-10H2,1H3. The van der Waals surface area contributed by atoms with Crippen LogP contribution in [0.2, 0.25) is 5.02 Å². The number of carbonyl (C=O) groups excluding carboxylic acids is 1. The van der Waals surface area contributed by atoms with Crippen molar-refractivity contribution in [2.75, 3.05) is 19.7 Å². The Morgan fingerprint density at radius 2 is 2.22 bits per heavy atom. The number of amides is 1. The van der Waals surface area contributed by atoms with Crippen LogP contribution in [0, 0.1) is 12.7 Å². The van der Waals surface area contributed by atoms with Gasteiger partial charge in [0.25, 0.3) is 0 Å². The van der Waals surface area contributed by atoms with Crippen molar-refractivity contribution in [1.29, 1.82) is 0 Å². The van der Waals surface area contributed by atoms with E-state index in [1.807, 2.05) is 0 Å². The Balaban J connectivity index is 1.83. The fourth-order valence-electron chi connectivity index (χ4n) is 2.61. The van der Waals surface area contributed by atoms with Gasteiger partial charge in [0.05, 0.1) is 17.2 Å². The van der Waals surface area contributed by atoms with E-state index in [1.165, 1.54) is 0 Å². The maximum atomic E-state index is 14.4. The second-order valence-corrected chi connectivity index (χ2v) is 5.86. The number of aromatic nitrogens is 2. The van der Waals surface area contributed by atoms with E-state index in [0.717, 1.165) is 6.42 Å². The van der Waals surface area contributed by atoms with Gasteiger partial charge in [-0.3, -0.25) is 0 Å². The fraction of sp³-hybridized carbons (Fsp3) is 0.375. The Labute approximate surface area is 138 Å². The molecule has 1 saturated heterocycles. The van der Waals surface area contributed by atoms with Crippen LogP contribution in [0.1, 0.15) is 12.0 Å². The van der Waals surface area contributed by atoms with Gasteiger partial charge >= 0.3 is 6.09 Å². The zero-order valence-corrected chi connectivity index (χ0v) is 13.5. The molecule has 0 bridgehead atoms. The molecule has 3 rings (SSSR count). The zero-order chi connectivity index (χ0) is 16.4. The molecule has 7 heteroatoms. The lowest BCUT2D eigenvalue weighted by Gasteiger charge is -2.26. The molecule has 1 fully saturated rings. The molecule has 0 N–H and O–H groups in total. The molecule has 23 heavy (non-hydrogen) atoms. The molecule has 1 amide bonds. The molecule has 0 radical (unpaired) electrons. The molecular formula is C16H17ClFN3O2. The number of hydrogen-bond acceptors (Lipinski definition) is 3. The topological polar surface area (TPSA) is 47.4 Å². The molecule has 122 valence electrons. The van der Waals surface area contributed by atoms with Crippen molar-refractivity contribution in [3.63, 3.8) is 0 Å². The summed E-state index contributed by atoms with van der Waals surface area (Å²) in [4.78, 5) is 17.5. The molecule has 1 aromatic carbocycles. The predicted octanol–water partition coefficient (Wildman–Crippen LogP) is 3.49. The molecule has 2 aromatic rings. The smallest absolute Gasteiger partial charge is 0.409 e. The first-order valence-electron chi connectivity index (χ1n) is 7.45. The Bertz CT molecular complexity index is 732. The molecule has 1 aromatic heterocycles. The number of benzene rings is 1. The van der Waals surface area contributed by atoms with Crippen LogP contribution in [0.3, 0.4) is 0 Å². The summed E-state index contributed by atoms with van der Waals surface area (Å²) < 4.78 is 21.2. The van der Waals surface area contributed by atoms with E-state index in [0.29, 0.717) is 42.7 Å². The van der Waals surface area contributed by atoms with Gasteiger partial charge in [0.1, 0.15) is 11.6 Å². The molecule has 5 nitrogen and oxygen atoms in total. The first-order chi connectivity index (χ1) is 11.1. The lowest BCUT2D eigenvalue weighted by molar-refractivity contribution is 0.0716. The first-order valence-corrected chi connectivity index (χ1v) is 7.83. The Morgan fingerprint density at radius 1 is 1.39 bits per heavy atom. The van der Waals surface area contributed by atoms with Gasteiger partial charge in [0.15, 0.2) is 0 Å². The normalized spacial score (nSPS) is 14.9. The van der Waals surface area contributed by atoms with Gasteiger partial charge in [-0.15, -0.1) is 0 Å². The highest BCUT2D eigenvalue weighted by molar-refractivity contribution is 6.33. The van der Waals surface area contributed by atoms with E-state index >= 15 is 0 Å². The van der Waals surface area contributed by atoms with Crippen LogP contribution in [0.5, 0.6) is 0 Å². The largest absolute Gasteiger partial charge is 0.449 e. The van der Waals surface area contributed by atoms with Gasteiger partial charge in [-0.25, -0.2) is 14.2 Å². The third-order valence-corrected chi connectivity index (χ3v) is 4.21. The van der Waals surface area contributed by atoms with Gasteiger partial charge in [0, 0.05) is 32.0 Å². The van der Waals surface area contributed by atoms with Crippen LogP contribution in [0.25, 0.3) is 11.4 Å². The summed E-state index contributed by atoms with van der Waals surface area (Å²) in [6.07, 6.45) is 3.86. The van der Waals surface area contributed by atoms with E-state index in [1.54, 1.807) is 40.9 Å². The Kier molecular flexibility index (Phi) is 4.52. The van der Waals surface area contributed by atoms with Crippen LogP contribution in [0.15, 0.2) is 24.5 Å². The van der Waals surface area contributed by atoms with E-state index in [4.69, 9.17) is 16.3 Å². The van der Waals surface area contributed by atoms with Crippen molar-refractivity contribution in [3.05, 3.63) is 40.9 Å². The summed E-state index contributed by atoms with van der Waals surface area (Å²) in [7, 11) is 0. The average Bonchev–Trinajstić information content (AvgIpc) is 2.99. The molecule has 2 heterocycles. The number of halogens is 2. The molecule has 0 atom stereocenters. The summed E-state index contributed by atoms with van der Waals surface area (Å²) in [5.41, 5.74) is 0.802. The minimum atomic E-state index is -0.373. The van der Waals surface area contributed by atoms with E-state index in [9.17, 15) is 9.18 Å². The van der Waals surface area contributed by atoms with Gasteiger partial charge in [-0.05, 0) is 25.0 Å². The van der Waals surface area contributed by atoms with Gasteiger partial charge < -0.3 is 14.2 Å². The van der Waals surface area contributed by atoms with E-state index in [2.05, 4.69) is 4.98 Å². The van der Waals surface area contributed by atoms with Crippen molar-refractivity contribution in [3.8, 4) is 11.4 Å². The monoisotopic (exact) mass is 337 g/mol. The van der Waals surface area contributed by atoms with Crippen molar-refractivity contribution >= 4 is 17.7 Å². The third-order valence-electron chi connectivity index (χ3n) is 3.89. The maximum absolute atomic E-state index is 14.4. The molecule has 0 unspecified atom stereocenters. The molecule has 0 aliphatic carbocycles. The number of ether oxygens (including phenoxy) is 1. The number of nitrogens with zero attached hydrogens (tertiary/aromatic N) is 3. The van der Waals surface area contributed by atoms with Crippen LogP contribution < -0.4 is 0 Å². The molecule has 0 saturated carbocycles. The summed E-state index contributed by atoms with van der Waals surface area (Å²) >= 11 is 6.16. The second kappa shape index (κ2) is 6.58. The fourth-order valence-corrected chi connectivity index (χ4v) is 2.84.